The Morgan fingerprint density at radius 3 is 2.72 bits per heavy atom. The van der Waals surface area contributed by atoms with Gasteiger partial charge in [0.05, 0.1) is 10.6 Å². The molecular formula is C41H47ClN4O8. The van der Waals surface area contributed by atoms with Gasteiger partial charge in [0.15, 0.2) is 6.10 Å². The number of aliphatic hydroxyl groups excluding tert-OH is 1. The van der Waals surface area contributed by atoms with Gasteiger partial charge in [-0.15, -0.1) is 0 Å². The molecule has 3 unspecified atom stereocenters. The maximum atomic E-state index is 12.1. The summed E-state index contributed by atoms with van der Waals surface area (Å²) in [6.07, 6.45) is 10.5. The highest BCUT2D eigenvalue weighted by Crippen LogP contribution is 2.42. The van der Waals surface area contributed by atoms with E-state index in [2.05, 4.69) is 48.4 Å². The van der Waals surface area contributed by atoms with Crippen molar-refractivity contribution in [2.75, 3.05) is 32.8 Å². The Kier molecular flexibility index (Phi) is 14.2. The van der Waals surface area contributed by atoms with E-state index in [4.69, 9.17) is 30.9 Å². The van der Waals surface area contributed by atoms with Gasteiger partial charge in [-0.3, -0.25) is 14.7 Å². The van der Waals surface area contributed by atoms with E-state index < -0.39 is 29.7 Å². The van der Waals surface area contributed by atoms with E-state index in [1.165, 1.54) is 6.20 Å². The number of hydrogen-bond donors (Lipinski definition) is 4. The first-order chi connectivity index (χ1) is 26.0. The number of hydrogen-bond acceptors (Lipinski definition) is 10. The first-order valence-corrected chi connectivity index (χ1v) is 18.5. The molecule has 1 fully saturated rings. The quantitative estimate of drug-likeness (QED) is 0.115. The van der Waals surface area contributed by atoms with Gasteiger partial charge in [-0.25, -0.2) is 4.79 Å². The molecule has 0 amide bonds. The summed E-state index contributed by atoms with van der Waals surface area (Å²) in [5.41, 5.74) is 4.16. The van der Waals surface area contributed by atoms with Crippen LogP contribution in [0.4, 0.5) is 0 Å². The average Bonchev–Trinajstić information content (AvgIpc) is 3.16. The van der Waals surface area contributed by atoms with Crippen LogP contribution in [0, 0.1) is 24.2 Å². The van der Waals surface area contributed by atoms with Gasteiger partial charge in [0.2, 0.25) is 0 Å². The Bertz CT molecular complexity index is 1890. The van der Waals surface area contributed by atoms with Crippen molar-refractivity contribution in [1.82, 2.24) is 15.2 Å². The zero-order valence-corrected chi connectivity index (χ0v) is 31.3. The van der Waals surface area contributed by atoms with E-state index in [1.54, 1.807) is 24.4 Å². The third-order valence-corrected chi connectivity index (χ3v) is 10.3. The van der Waals surface area contributed by atoms with Crippen molar-refractivity contribution in [2.45, 2.75) is 70.4 Å². The summed E-state index contributed by atoms with van der Waals surface area (Å²) in [5.74, 6) is -1.49. The van der Waals surface area contributed by atoms with E-state index in [1.807, 2.05) is 29.2 Å². The van der Waals surface area contributed by atoms with Crippen LogP contribution in [0.5, 0.6) is 11.5 Å². The lowest BCUT2D eigenvalue weighted by molar-refractivity contribution is -0.146. The molecule has 1 aliphatic heterocycles. The molecule has 4 atom stereocenters. The van der Waals surface area contributed by atoms with Crippen molar-refractivity contribution in [1.29, 1.82) is 5.26 Å². The maximum absolute atomic E-state index is 12.1. The summed E-state index contributed by atoms with van der Waals surface area (Å²) in [7, 11) is 0. The summed E-state index contributed by atoms with van der Waals surface area (Å²) in [6.45, 7) is 5.94. The van der Waals surface area contributed by atoms with Crippen LogP contribution in [0.15, 0.2) is 73.1 Å². The van der Waals surface area contributed by atoms with Crippen molar-refractivity contribution in [3.05, 3.63) is 106 Å². The zero-order valence-electron chi connectivity index (χ0n) is 30.5. The van der Waals surface area contributed by atoms with Crippen molar-refractivity contribution in [3.63, 3.8) is 0 Å². The molecule has 0 spiro atoms. The number of carboxylic acids is 2. The van der Waals surface area contributed by atoms with Gasteiger partial charge in [-0.2, -0.15) is 5.26 Å². The first kappa shape index (κ1) is 40.4. The van der Waals surface area contributed by atoms with Crippen LogP contribution in [0.1, 0.15) is 60.4 Å². The molecule has 0 radical (unpaired) electrons. The largest absolute Gasteiger partial charge is 0.489 e. The highest BCUT2D eigenvalue weighted by atomic mass is 35.5. The number of benzene rings is 2. The lowest BCUT2D eigenvalue weighted by Gasteiger charge is -2.40. The number of carboxylic acid groups (broad SMARTS) is 2. The summed E-state index contributed by atoms with van der Waals surface area (Å²) in [5, 5.41) is 41.2. The molecule has 1 saturated heterocycles. The molecule has 54 heavy (non-hydrogen) atoms. The van der Waals surface area contributed by atoms with Crippen LogP contribution in [-0.2, 0) is 27.5 Å². The molecule has 1 aromatic heterocycles. The van der Waals surface area contributed by atoms with Crippen molar-refractivity contribution in [3.8, 4) is 17.6 Å². The lowest BCUT2D eigenvalue weighted by Crippen LogP contribution is -2.45. The molecule has 2 aromatic carbocycles. The molecule has 5 rings (SSSR count). The molecule has 1 aliphatic carbocycles. The molecule has 4 N–H and O–H groups in total. The van der Waals surface area contributed by atoms with Crippen molar-refractivity contribution >= 4 is 29.1 Å². The van der Waals surface area contributed by atoms with Gasteiger partial charge in [0.25, 0.3) is 0 Å². The van der Waals surface area contributed by atoms with Crippen molar-refractivity contribution in [2.24, 2.45) is 5.92 Å². The second-order valence-electron chi connectivity index (χ2n) is 13.7. The molecule has 2 aliphatic rings. The molecule has 2 heterocycles. The number of aliphatic carboxylic acids is 2. The van der Waals surface area contributed by atoms with Gasteiger partial charge in [-0.1, -0.05) is 61.4 Å². The molecule has 286 valence electrons. The minimum atomic E-state index is -1.49. The topological polar surface area (TPSA) is 174 Å². The molecule has 12 nitrogen and oxygen atoms in total. The number of aryl methyl sites for hydroxylation is 1. The number of piperidine rings is 1. The number of ether oxygens (including phenoxy) is 3. The summed E-state index contributed by atoms with van der Waals surface area (Å²) >= 11 is 6.93. The third-order valence-electron chi connectivity index (χ3n) is 9.96. The van der Waals surface area contributed by atoms with Gasteiger partial charge < -0.3 is 34.8 Å². The van der Waals surface area contributed by atoms with Gasteiger partial charge in [0.1, 0.15) is 42.4 Å². The zero-order chi connectivity index (χ0) is 38.7. The van der Waals surface area contributed by atoms with Crippen LogP contribution >= 0.6 is 11.6 Å². The molecule has 0 saturated carbocycles. The van der Waals surface area contributed by atoms with E-state index in [0.717, 1.165) is 29.5 Å². The smallest absolute Gasteiger partial charge is 0.333 e. The van der Waals surface area contributed by atoms with Crippen LogP contribution in [0.2, 0.25) is 5.02 Å². The highest BCUT2D eigenvalue weighted by molar-refractivity contribution is 6.32. The van der Waals surface area contributed by atoms with E-state index in [0.29, 0.717) is 72.3 Å². The summed E-state index contributed by atoms with van der Waals surface area (Å²) in [4.78, 5) is 29.2. The Balaban J connectivity index is 1.41. The Hall–Kier alpha value is -4.77. The third kappa shape index (κ3) is 10.3. The van der Waals surface area contributed by atoms with E-state index in [-0.39, 0.29) is 25.7 Å². The number of aromatic nitrogens is 1. The van der Waals surface area contributed by atoms with Gasteiger partial charge in [0, 0.05) is 55.2 Å². The minimum absolute atomic E-state index is 0.0754. The normalized spacial score (nSPS) is 20.5. The number of nitriles is 1. The highest BCUT2D eigenvalue weighted by Gasteiger charge is 2.40. The predicted molar refractivity (Wildman–Crippen MR) is 203 cm³/mol. The lowest BCUT2D eigenvalue weighted by atomic mass is 9.76. The van der Waals surface area contributed by atoms with Crippen LogP contribution < -0.4 is 14.8 Å². The number of nitrogens with zero attached hydrogens (tertiary/aromatic N) is 3. The maximum Gasteiger partial charge on any atom is 0.333 e. The Labute approximate surface area is 320 Å². The predicted octanol–water partition coefficient (Wildman–Crippen LogP) is 5.78. The molecule has 3 aromatic rings. The molecule has 0 bridgehead atoms. The van der Waals surface area contributed by atoms with Crippen LogP contribution in [0.25, 0.3) is 5.57 Å². The number of carbonyl (C=O) groups is 2. The van der Waals surface area contributed by atoms with E-state index >= 15 is 0 Å². The number of pyridine rings is 1. The Morgan fingerprint density at radius 2 is 1.96 bits per heavy atom. The number of nitrogens with one attached hydrogen (secondary N) is 1. The standard InChI is InChI=1S/C41H47ClN4O8/c1-27-9-3-4-10-32(27)33-11-7-13-41(28(33)2,54-16-8-14-44-23-36(47)40(50)51)26-53-38-19-37(52-25-30-17-29(20-43)21-45-22-30)31(18-34(38)42)24-46-15-6-5-12-35(46)39(48)49/h3-4,7,9-11,13,17-19,21-22,28,35-36,44,47H,5-6,8,12,14-16,23-26H2,1-2H3,(H,48,49)(H,50,51)/t28?,35-,36?,41?/m0/s1. The van der Waals surface area contributed by atoms with Crippen molar-refractivity contribution < 1.29 is 39.1 Å². The minimum Gasteiger partial charge on any atom is -0.489 e. The summed E-state index contributed by atoms with van der Waals surface area (Å²) < 4.78 is 19.5. The SMILES string of the molecule is Cc1ccccc1C1=CC=CC(COc2cc(OCc3cncc(C#N)c3)c(CN3CCCC[C@H]3C(=O)O)cc2Cl)(OCCCNCC(O)C(=O)O)C1C. The molecular weight excluding hydrogens is 712 g/mol. The fraction of sp³-hybridized carbons (Fsp3) is 0.415. The number of likely N-dealkylation sites (tertiary alicyclic amines) is 1. The second kappa shape index (κ2) is 19.0. The van der Waals surface area contributed by atoms with Crippen LogP contribution in [0.3, 0.4) is 0 Å². The summed E-state index contributed by atoms with van der Waals surface area (Å²) in [6, 6.07) is 14.8. The van der Waals surface area contributed by atoms with Crippen LogP contribution in [-0.4, -0.2) is 87.7 Å². The fourth-order valence-corrected chi connectivity index (χ4v) is 7.10. The number of aliphatic hydroxyl groups is 1. The number of rotatable bonds is 18. The molecule has 13 heteroatoms. The Morgan fingerprint density at radius 1 is 1.15 bits per heavy atom. The van der Waals surface area contributed by atoms with E-state index in [9.17, 15) is 25.1 Å². The van der Waals surface area contributed by atoms with Gasteiger partial charge in [-0.05, 0) is 74.2 Å². The average molecular weight is 759 g/mol. The monoisotopic (exact) mass is 758 g/mol. The fourth-order valence-electron chi connectivity index (χ4n) is 6.86. The second-order valence-corrected chi connectivity index (χ2v) is 14.1. The number of halogens is 1. The number of allylic oxidation sites excluding steroid dienone is 2. The van der Waals surface area contributed by atoms with Gasteiger partial charge >= 0.3 is 11.9 Å². The first-order valence-electron chi connectivity index (χ1n) is 18.1.